The number of ether oxygens (including phenoxy) is 1. The van der Waals surface area contributed by atoms with Crippen LogP contribution in [0.15, 0.2) is 72.8 Å². The highest BCUT2D eigenvalue weighted by atomic mass is 35.5. The molecule has 5 rings (SSSR count). The minimum atomic E-state index is -0.303. The first-order chi connectivity index (χ1) is 20.6. The van der Waals surface area contributed by atoms with Gasteiger partial charge in [0.05, 0.1) is 10.9 Å². The molecule has 228 valence electrons. The topological polar surface area (TPSA) is 63.4 Å². The van der Waals surface area contributed by atoms with E-state index in [9.17, 15) is 0 Å². The van der Waals surface area contributed by atoms with Crippen molar-refractivity contribution in [3.63, 3.8) is 0 Å². The molecule has 0 amide bonds. The molecule has 43 heavy (non-hydrogen) atoms. The molecular formula is C35H42Cl2N4OS. The summed E-state index contributed by atoms with van der Waals surface area (Å²) in [7, 11) is 0. The molecule has 2 heterocycles. The van der Waals surface area contributed by atoms with Gasteiger partial charge < -0.3 is 15.8 Å². The van der Waals surface area contributed by atoms with Crippen molar-refractivity contribution in [3.05, 3.63) is 99.5 Å². The van der Waals surface area contributed by atoms with Crippen molar-refractivity contribution in [2.45, 2.75) is 76.3 Å². The maximum Gasteiger partial charge on any atom is 0.216 e. The monoisotopic (exact) mass is 636 g/mol. The number of nitrogens with two attached hydrogens (primary N) is 1. The second-order valence-corrected chi connectivity index (χ2v) is 14.4. The molecule has 1 unspecified atom stereocenters. The zero-order chi connectivity index (χ0) is 30.6. The quantitative estimate of drug-likeness (QED) is 0.0971. The first kappa shape index (κ1) is 31.9. The smallest absolute Gasteiger partial charge is 0.216 e. The normalized spacial score (nSPS) is 15.6. The molecule has 1 aliphatic heterocycles. The minimum Gasteiger partial charge on any atom is -0.472 e. The number of pyridine rings is 1. The van der Waals surface area contributed by atoms with Crippen LogP contribution >= 0.6 is 35.1 Å². The zero-order valence-electron chi connectivity index (χ0n) is 25.4. The van der Waals surface area contributed by atoms with E-state index in [1.807, 2.05) is 31.2 Å². The van der Waals surface area contributed by atoms with Crippen LogP contribution in [-0.2, 0) is 0 Å². The fourth-order valence-corrected chi connectivity index (χ4v) is 7.10. The molecule has 3 aromatic carbocycles. The molecule has 0 saturated carbocycles. The summed E-state index contributed by atoms with van der Waals surface area (Å²) in [4.78, 5) is 4.99. The third kappa shape index (κ3) is 8.37. The average Bonchev–Trinajstić information content (AvgIpc) is 2.96. The van der Waals surface area contributed by atoms with Gasteiger partial charge in [0.1, 0.15) is 5.60 Å². The summed E-state index contributed by atoms with van der Waals surface area (Å²) in [5.41, 5.74) is 11.2. The molecule has 1 fully saturated rings. The number of rotatable bonds is 11. The maximum absolute atomic E-state index is 6.48. The molecule has 4 aromatic rings. The van der Waals surface area contributed by atoms with Gasteiger partial charge in [0.2, 0.25) is 5.88 Å². The van der Waals surface area contributed by atoms with E-state index in [1.54, 1.807) is 11.9 Å². The van der Waals surface area contributed by atoms with Gasteiger partial charge in [-0.2, -0.15) is 0 Å². The van der Waals surface area contributed by atoms with Crippen LogP contribution < -0.4 is 15.8 Å². The number of nitrogens with zero attached hydrogens (tertiary/aromatic N) is 2. The van der Waals surface area contributed by atoms with Gasteiger partial charge in [-0.3, -0.25) is 0 Å². The third-order valence-corrected chi connectivity index (χ3v) is 9.41. The molecule has 1 aromatic heterocycles. The lowest BCUT2D eigenvalue weighted by atomic mass is 9.84. The Morgan fingerprint density at radius 1 is 0.953 bits per heavy atom. The van der Waals surface area contributed by atoms with Crippen LogP contribution in [-0.4, -0.2) is 39.4 Å². The van der Waals surface area contributed by atoms with Gasteiger partial charge >= 0.3 is 0 Å². The minimum absolute atomic E-state index is 0.00436. The summed E-state index contributed by atoms with van der Waals surface area (Å²) >= 11 is 14.3. The number of benzene rings is 3. The lowest BCUT2D eigenvalue weighted by molar-refractivity contribution is 0.0932. The van der Waals surface area contributed by atoms with Gasteiger partial charge in [-0.15, -0.1) is 0 Å². The first-order valence-electron chi connectivity index (χ1n) is 15.2. The number of aromatic nitrogens is 1. The molecule has 0 bridgehead atoms. The van der Waals surface area contributed by atoms with Gasteiger partial charge in [-0.25, -0.2) is 9.29 Å². The van der Waals surface area contributed by atoms with Crippen LogP contribution in [0.25, 0.3) is 10.9 Å². The Bertz CT molecular complexity index is 1460. The standard InChI is InChI=1S/C35H42Cl2N4OS/c1-5-18-35(3,4)42-33-22-32(39-29-16-19-41(20-17-29)43-23(2)38)30-21-26(10-15-31(30)40-33)34(24-6-11-27(36)12-7-24)25-8-13-28(37)14-9-25/h6-15,21-23,29,34H,5,16-20,38H2,1-4H3,(H,39,40). The van der Waals surface area contributed by atoms with Crippen molar-refractivity contribution in [3.8, 4) is 5.88 Å². The molecule has 1 saturated heterocycles. The van der Waals surface area contributed by atoms with Gasteiger partial charge in [0, 0.05) is 52.2 Å². The fourth-order valence-electron chi connectivity index (χ4n) is 5.95. The van der Waals surface area contributed by atoms with E-state index in [0.29, 0.717) is 11.9 Å². The van der Waals surface area contributed by atoms with Crippen molar-refractivity contribution in [1.82, 2.24) is 9.29 Å². The summed E-state index contributed by atoms with van der Waals surface area (Å²) in [5.74, 6) is 0.655. The zero-order valence-corrected chi connectivity index (χ0v) is 27.8. The predicted molar refractivity (Wildman–Crippen MR) is 185 cm³/mol. The number of fused-ring (bicyclic) bond motifs is 1. The van der Waals surface area contributed by atoms with Crippen LogP contribution in [0.4, 0.5) is 5.69 Å². The highest BCUT2D eigenvalue weighted by Crippen LogP contribution is 2.38. The van der Waals surface area contributed by atoms with E-state index < -0.39 is 0 Å². The number of anilines is 1. The molecule has 0 aliphatic carbocycles. The van der Waals surface area contributed by atoms with Crippen molar-refractivity contribution >= 4 is 51.7 Å². The molecule has 5 nitrogen and oxygen atoms in total. The Balaban J connectivity index is 1.55. The summed E-state index contributed by atoms with van der Waals surface area (Å²) in [5, 5.41) is 6.52. The highest BCUT2D eigenvalue weighted by Gasteiger charge is 2.24. The second kappa shape index (κ2) is 14.1. The Hall–Kier alpha value is -2.48. The van der Waals surface area contributed by atoms with Crippen molar-refractivity contribution < 1.29 is 4.74 Å². The largest absolute Gasteiger partial charge is 0.472 e. The van der Waals surface area contributed by atoms with Crippen LogP contribution in [0.1, 0.15) is 76.0 Å². The van der Waals surface area contributed by atoms with E-state index in [2.05, 4.69) is 78.9 Å². The Labute approximate surface area is 270 Å². The highest BCUT2D eigenvalue weighted by molar-refractivity contribution is 7.97. The summed E-state index contributed by atoms with van der Waals surface area (Å²) in [6.07, 6.45) is 4.08. The predicted octanol–water partition coefficient (Wildman–Crippen LogP) is 9.51. The van der Waals surface area contributed by atoms with E-state index in [0.717, 1.165) is 76.5 Å². The van der Waals surface area contributed by atoms with Crippen LogP contribution in [0.3, 0.4) is 0 Å². The Kier molecular flexibility index (Phi) is 10.5. The Morgan fingerprint density at radius 3 is 2.09 bits per heavy atom. The van der Waals surface area contributed by atoms with Crippen LogP contribution in [0.2, 0.25) is 10.0 Å². The van der Waals surface area contributed by atoms with Gasteiger partial charge in [0.25, 0.3) is 0 Å². The molecule has 8 heteroatoms. The summed E-state index contributed by atoms with van der Waals surface area (Å²) < 4.78 is 8.86. The number of hydrogen-bond donors (Lipinski definition) is 2. The fraction of sp³-hybridized carbons (Fsp3) is 0.400. The second-order valence-electron chi connectivity index (χ2n) is 12.1. The van der Waals surface area contributed by atoms with E-state index in [4.69, 9.17) is 38.7 Å². The molecule has 1 atom stereocenters. The molecule has 0 spiro atoms. The maximum atomic E-state index is 6.48. The molecular weight excluding hydrogens is 595 g/mol. The molecule has 0 radical (unpaired) electrons. The SMILES string of the molecule is CCCC(C)(C)Oc1cc(NC2CCN(SC(C)N)CC2)c2cc(C(c3ccc(Cl)cc3)c3ccc(Cl)cc3)ccc2n1. The van der Waals surface area contributed by atoms with E-state index in [-0.39, 0.29) is 16.9 Å². The summed E-state index contributed by atoms with van der Waals surface area (Å²) in [6.45, 7) is 10.5. The van der Waals surface area contributed by atoms with Crippen molar-refractivity contribution in [1.29, 1.82) is 0 Å². The van der Waals surface area contributed by atoms with Crippen LogP contribution in [0, 0.1) is 0 Å². The number of nitrogens with one attached hydrogen (secondary N) is 1. The van der Waals surface area contributed by atoms with Crippen molar-refractivity contribution in [2.75, 3.05) is 18.4 Å². The van der Waals surface area contributed by atoms with Crippen LogP contribution in [0.5, 0.6) is 5.88 Å². The molecule has 3 N–H and O–H groups in total. The van der Waals surface area contributed by atoms with E-state index in [1.165, 1.54) is 5.56 Å². The number of hydrogen-bond acceptors (Lipinski definition) is 6. The summed E-state index contributed by atoms with van der Waals surface area (Å²) in [6, 6.07) is 25.2. The Morgan fingerprint density at radius 2 is 1.53 bits per heavy atom. The van der Waals surface area contributed by atoms with E-state index >= 15 is 0 Å². The third-order valence-electron chi connectivity index (χ3n) is 7.91. The lowest BCUT2D eigenvalue weighted by Gasteiger charge is -2.33. The average molecular weight is 638 g/mol. The number of piperidine rings is 1. The lowest BCUT2D eigenvalue weighted by Crippen LogP contribution is -2.37. The van der Waals surface area contributed by atoms with Gasteiger partial charge in [-0.1, -0.05) is 78.8 Å². The first-order valence-corrected chi connectivity index (χ1v) is 16.8. The van der Waals surface area contributed by atoms with Crippen molar-refractivity contribution in [2.24, 2.45) is 5.73 Å². The van der Waals surface area contributed by atoms with Gasteiger partial charge in [-0.05, 0) is 93.1 Å². The van der Waals surface area contributed by atoms with Gasteiger partial charge in [0.15, 0.2) is 0 Å². The number of halogens is 2. The molecule has 1 aliphatic rings.